The minimum atomic E-state index is -0.701. The summed E-state index contributed by atoms with van der Waals surface area (Å²) in [5.41, 5.74) is 1.29. The molecule has 4 aromatic rings. The molecule has 2 heterocycles. The predicted octanol–water partition coefficient (Wildman–Crippen LogP) is 3.60. The van der Waals surface area contributed by atoms with Crippen molar-refractivity contribution in [2.45, 2.75) is 13.5 Å². The lowest BCUT2D eigenvalue weighted by atomic mass is 10.1. The van der Waals surface area contributed by atoms with Crippen LogP contribution in [-0.4, -0.2) is 32.1 Å². The lowest BCUT2D eigenvalue weighted by Gasteiger charge is -2.12. The van der Waals surface area contributed by atoms with Crippen molar-refractivity contribution in [3.63, 3.8) is 0 Å². The molecule has 0 aliphatic heterocycles. The first-order valence-corrected chi connectivity index (χ1v) is 9.51. The van der Waals surface area contributed by atoms with Crippen LogP contribution in [0.2, 0.25) is 5.02 Å². The number of benzene rings is 2. The Balaban J connectivity index is 1.77. The average Bonchev–Trinajstić information content (AvgIpc) is 3.19. The number of fused-ring (bicyclic) bond motifs is 1. The first kappa shape index (κ1) is 19.8. The van der Waals surface area contributed by atoms with Gasteiger partial charge < -0.3 is 9.30 Å². The molecule has 0 aliphatic carbocycles. The molecular weight excluding hydrogens is 411 g/mol. The Morgan fingerprint density at radius 3 is 2.67 bits per heavy atom. The van der Waals surface area contributed by atoms with Crippen molar-refractivity contribution in [2.24, 2.45) is 0 Å². The van der Waals surface area contributed by atoms with Crippen LogP contribution in [0.15, 0.2) is 59.7 Å². The van der Waals surface area contributed by atoms with E-state index in [2.05, 4.69) is 10.3 Å². The molecule has 30 heavy (non-hydrogen) atoms. The Hall–Kier alpha value is -3.52. The molecule has 0 saturated carbocycles. The molecule has 7 nitrogen and oxygen atoms in total. The van der Waals surface area contributed by atoms with Gasteiger partial charge in [0.1, 0.15) is 17.1 Å². The van der Waals surface area contributed by atoms with Gasteiger partial charge in [-0.15, -0.1) is 5.10 Å². The van der Waals surface area contributed by atoms with Crippen LogP contribution < -0.4 is 5.43 Å². The van der Waals surface area contributed by atoms with E-state index in [1.54, 1.807) is 42.0 Å². The molecule has 9 heteroatoms. The molecule has 2 aromatic carbocycles. The number of hydrogen-bond acceptors (Lipinski definition) is 5. The number of halogens is 2. The van der Waals surface area contributed by atoms with E-state index >= 15 is 0 Å². The fourth-order valence-corrected chi connectivity index (χ4v) is 3.29. The largest absolute Gasteiger partial charge is 0.462 e. The molecule has 0 amide bonds. The maximum absolute atomic E-state index is 13.1. The number of carbonyl (C=O) groups excluding carboxylic acids is 1. The van der Waals surface area contributed by atoms with E-state index in [9.17, 15) is 14.0 Å². The molecule has 0 unspecified atom stereocenters. The maximum atomic E-state index is 13.1. The van der Waals surface area contributed by atoms with Crippen LogP contribution in [0.1, 0.15) is 23.0 Å². The minimum absolute atomic E-state index is 0.0856. The molecule has 0 N–H and O–H groups in total. The second-order valence-corrected chi connectivity index (χ2v) is 6.95. The van der Waals surface area contributed by atoms with Crippen molar-refractivity contribution < 1.29 is 13.9 Å². The zero-order valence-electron chi connectivity index (χ0n) is 15.9. The third-order valence-electron chi connectivity index (χ3n) is 4.50. The summed E-state index contributed by atoms with van der Waals surface area (Å²) < 4.78 is 21.4. The number of pyridine rings is 1. The monoisotopic (exact) mass is 426 g/mol. The zero-order valence-corrected chi connectivity index (χ0v) is 16.6. The van der Waals surface area contributed by atoms with E-state index in [-0.39, 0.29) is 24.5 Å². The van der Waals surface area contributed by atoms with Gasteiger partial charge in [-0.1, -0.05) is 16.8 Å². The van der Waals surface area contributed by atoms with Gasteiger partial charge in [0.2, 0.25) is 5.43 Å². The number of rotatable bonds is 5. The standard InChI is InChI=1S/C21H16ClFN4O3/c1-2-30-21(29)18-12-26(19-8-3-13(22)9-17(19)20(18)28)10-15-11-27(25-24-15)16-6-4-14(23)5-7-16/h3-9,11-12H,2,10H2,1H3. The van der Waals surface area contributed by atoms with Crippen molar-refractivity contribution in [3.05, 3.63) is 87.2 Å². The lowest BCUT2D eigenvalue weighted by molar-refractivity contribution is 0.0524. The Bertz CT molecular complexity index is 1300. The summed E-state index contributed by atoms with van der Waals surface area (Å²) in [6.07, 6.45) is 3.14. The number of carbonyl (C=O) groups is 1. The van der Waals surface area contributed by atoms with E-state index in [0.717, 1.165) is 0 Å². The van der Waals surface area contributed by atoms with E-state index < -0.39 is 11.4 Å². The summed E-state index contributed by atoms with van der Waals surface area (Å²) in [7, 11) is 0. The van der Waals surface area contributed by atoms with Gasteiger partial charge in [0, 0.05) is 16.6 Å². The molecule has 0 spiro atoms. The fraction of sp³-hybridized carbons (Fsp3) is 0.143. The van der Waals surface area contributed by atoms with E-state index in [1.807, 2.05) is 0 Å². The van der Waals surface area contributed by atoms with Crippen molar-refractivity contribution in [1.29, 1.82) is 0 Å². The second-order valence-electron chi connectivity index (χ2n) is 6.51. The summed E-state index contributed by atoms with van der Waals surface area (Å²) in [6.45, 7) is 2.06. The van der Waals surface area contributed by atoms with Gasteiger partial charge in [-0.25, -0.2) is 13.9 Å². The first-order chi connectivity index (χ1) is 14.5. The first-order valence-electron chi connectivity index (χ1n) is 9.13. The van der Waals surface area contributed by atoms with Crippen LogP contribution in [0.25, 0.3) is 16.6 Å². The van der Waals surface area contributed by atoms with Crippen LogP contribution in [0.4, 0.5) is 4.39 Å². The third kappa shape index (κ3) is 3.81. The normalized spacial score (nSPS) is 11.0. The highest BCUT2D eigenvalue weighted by molar-refractivity contribution is 6.31. The number of esters is 1. The molecule has 152 valence electrons. The predicted molar refractivity (Wildman–Crippen MR) is 110 cm³/mol. The van der Waals surface area contributed by atoms with Crippen LogP contribution in [0.5, 0.6) is 0 Å². The van der Waals surface area contributed by atoms with Gasteiger partial charge in [-0.3, -0.25) is 4.79 Å². The van der Waals surface area contributed by atoms with Gasteiger partial charge in [0.25, 0.3) is 0 Å². The van der Waals surface area contributed by atoms with Crippen molar-refractivity contribution in [2.75, 3.05) is 6.61 Å². The van der Waals surface area contributed by atoms with E-state index in [4.69, 9.17) is 16.3 Å². The third-order valence-corrected chi connectivity index (χ3v) is 4.74. The molecule has 0 atom stereocenters. The Kier molecular flexibility index (Phi) is 5.33. The van der Waals surface area contributed by atoms with Gasteiger partial charge >= 0.3 is 5.97 Å². The fourth-order valence-electron chi connectivity index (χ4n) is 3.12. The number of nitrogens with zero attached hydrogens (tertiary/aromatic N) is 4. The van der Waals surface area contributed by atoms with Crippen LogP contribution >= 0.6 is 11.6 Å². The molecule has 0 aliphatic rings. The molecule has 0 saturated heterocycles. The number of aromatic nitrogens is 4. The summed E-state index contributed by atoms with van der Waals surface area (Å²) in [5, 5.41) is 8.90. The SMILES string of the molecule is CCOC(=O)c1cn(Cc2cn(-c3ccc(F)cc3)nn2)c2ccc(Cl)cc2c1=O. The number of hydrogen-bond donors (Lipinski definition) is 0. The average molecular weight is 427 g/mol. The Labute approximate surface area is 175 Å². The van der Waals surface area contributed by atoms with Gasteiger partial charge in [-0.2, -0.15) is 0 Å². The Morgan fingerprint density at radius 2 is 1.93 bits per heavy atom. The maximum Gasteiger partial charge on any atom is 0.343 e. The molecule has 0 radical (unpaired) electrons. The van der Waals surface area contributed by atoms with Gasteiger partial charge in [0.05, 0.1) is 30.6 Å². The van der Waals surface area contributed by atoms with E-state index in [1.165, 1.54) is 29.1 Å². The van der Waals surface area contributed by atoms with Crippen molar-refractivity contribution in [1.82, 2.24) is 19.6 Å². The van der Waals surface area contributed by atoms with E-state index in [0.29, 0.717) is 27.3 Å². The molecule has 0 bridgehead atoms. The van der Waals surface area contributed by atoms with Crippen LogP contribution in [0.3, 0.4) is 0 Å². The summed E-state index contributed by atoms with van der Waals surface area (Å²) >= 11 is 6.06. The summed E-state index contributed by atoms with van der Waals surface area (Å²) in [6, 6.07) is 10.7. The quantitative estimate of drug-likeness (QED) is 0.455. The summed E-state index contributed by atoms with van der Waals surface area (Å²) in [4.78, 5) is 25.1. The zero-order chi connectivity index (χ0) is 21.3. The van der Waals surface area contributed by atoms with Crippen LogP contribution in [-0.2, 0) is 11.3 Å². The molecule has 0 fully saturated rings. The highest BCUT2D eigenvalue weighted by atomic mass is 35.5. The topological polar surface area (TPSA) is 79.0 Å². The molecule has 4 rings (SSSR count). The highest BCUT2D eigenvalue weighted by Gasteiger charge is 2.17. The molecular formula is C21H16ClFN4O3. The van der Waals surface area contributed by atoms with Crippen LogP contribution in [0, 0.1) is 5.82 Å². The number of ether oxygens (including phenoxy) is 1. The Morgan fingerprint density at radius 1 is 1.17 bits per heavy atom. The van der Waals surface area contributed by atoms with Gasteiger partial charge in [-0.05, 0) is 49.4 Å². The smallest absolute Gasteiger partial charge is 0.343 e. The lowest BCUT2D eigenvalue weighted by Crippen LogP contribution is -2.21. The van der Waals surface area contributed by atoms with Crippen molar-refractivity contribution in [3.8, 4) is 5.69 Å². The second kappa shape index (κ2) is 8.08. The minimum Gasteiger partial charge on any atom is -0.462 e. The highest BCUT2D eigenvalue weighted by Crippen LogP contribution is 2.19. The molecule has 2 aromatic heterocycles. The summed E-state index contributed by atoms with van der Waals surface area (Å²) in [5.74, 6) is -1.04. The van der Waals surface area contributed by atoms with Gasteiger partial charge in [0.15, 0.2) is 0 Å². The van der Waals surface area contributed by atoms with Crippen molar-refractivity contribution >= 4 is 28.5 Å².